The third-order valence-electron chi connectivity index (χ3n) is 3.99. The van der Waals surface area contributed by atoms with Crippen LogP contribution in [-0.4, -0.2) is 41.1 Å². The number of carboxylic acids is 1. The second-order valence-corrected chi connectivity index (χ2v) is 8.50. The maximum atomic E-state index is 12.4. The zero-order chi connectivity index (χ0) is 17.3. The van der Waals surface area contributed by atoms with Gasteiger partial charge in [0.25, 0.3) is 5.91 Å². The number of nitrogens with zero attached hydrogens (tertiary/aromatic N) is 2. The summed E-state index contributed by atoms with van der Waals surface area (Å²) >= 11 is 2.92. The highest BCUT2D eigenvalue weighted by Crippen LogP contribution is 2.35. The maximum Gasteiger partial charge on any atom is 0.326 e. The molecule has 24 heavy (non-hydrogen) atoms. The van der Waals surface area contributed by atoms with Crippen LogP contribution in [0.3, 0.4) is 0 Å². The normalized spacial score (nSPS) is 16.0. The van der Waals surface area contributed by atoms with Crippen LogP contribution in [0.2, 0.25) is 0 Å². The molecule has 3 rings (SSSR count). The van der Waals surface area contributed by atoms with Gasteiger partial charge in [0.2, 0.25) is 0 Å². The van der Waals surface area contributed by atoms with Gasteiger partial charge in [-0.3, -0.25) is 4.79 Å². The van der Waals surface area contributed by atoms with Gasteiger partial charge in [-0.2, -0.15) is 0 Å². The van der Waals surface area contributed by atoms with Crippen molar-refractivity contribution in [2.75, 3.05) is 18.0 Å². The van der Waals surface area contributed by atoms with Gasteiger partial charge in [-0.15, -0.1) is 11.3 Å². The lowest BCUT2D eigenvalue weighted by molar-refractivity contribution is -0.139. The number of nitrogens with one attached hydrogen (secondary N) is 1. The number of thiazole rings is 1. The maximum absolute atomic E-state index is 12.4. The summed E-state index contributed by atoms with van der Waals surface area (Å²) in [4.78, 5) is 31.9. The fourth-order valence-corrected chi connectivity index (χ4v) is 4.97. The van der Waals surface area contributed by atoms with Gasteiger partial charge in [0.15, 0.2) is 5.13 Å². The number of carboxylic acid groups (broad SMARTS) is 1. The molecular weight excluding hydrogens is 346 g/mol. The van der Waals surface area contributed by atoms with Crippen LogP contribution in [0, 0.1) is 5.92 Å². The second-order valence-electron chi connectivity index (χ2n) is 6.46. The van der Waals surface area contributed by atoms with Crippen LogP contribution in [0.5, 0.6) is 0 Å². The van der Waals surface area contributed by atoms with E-state index in [0.29, 0.717) is 11.3 Å². The van der Waals surface area contributed by atoms with E-state index in [-0.39, 0.29) is 11.8 Å². The molecule has 0 aromatic carbocycles. The van der Waals surface area contributed by atoms with Crippen molar-refractivity contribution in [2.24, 2.45) is 5.92 Å². The highest BCUT2D eigenvalue weighted by Gasteiger charge is 2.24. The molecule has 0 aliphatic carbocycles. The molecule has 1 aliphatic heterocycles. The van der Waals surface area contributed by atoms with Crippen LogP contribution in [-0.2, 0) is 4.79 Å². The summed E-state index contributed by atoms with van der Waals surface area (Å²) < 4.78 is 0.989. The molecule has 130 valence electrons. The van der Waals surface area contributed by atoms with E-state index in [2.05, 4.69) is 15.2 Å². The van der Waals surface area contributed by atoms with E-state index in [1.165, 1.54) is 24.2 Å². The Morgan fingerprint density at radius 1 is 1.33 bits per heavy atom. The first-order valence-corrected chi connectivity index (χ1v) is 9.76. The molecule has 1 saturated heterocycles. The lowest BCUT2D eigenvalue weighted by Crippen LogP contribution is -2.41. The molecule has 0 bridgehead atoms. The number of aromatic nitrogens is 1. The van der Waals surface area contributed by atoms with Crippen LogP contribution < -0.4 is 10.2 Å². The van der Waals surface area contributed by atoms with Crippen molar-refractivity contribution in [1.29, 1.82) is 0 Å². The Hall–Kier alpha value is -1.67. The molecule has 2 aromatic heterocycles. The molecule has 8 heteroatoms. The monoisotopic (exact) mass is 367 g/mol. The van der Waals surface area contributed by atoms with E-state index in [9.17, 15) is 14.7 Å². The van der Waals surface area contributed by atoms with E-state index in [4.69, 9.17) is 0 Å². The third-order valence-corrected chi connectivity index (χ3v) is 6.21. The smallest absolute Gasteiger partial charge is 0.326 e. The molecular formula is C16H21N3O3S2. The summed E-state index contributed by atoms with van der Waals surface area (Å²) in [5.41, 5.74) is 0. The number of fused-ring (bicyclic) bond motifs is 1. The lowest BCUT2D eigenvalue weighted by Gasteiger charge is -2.15. The van der Waals surface area contributed by atoms with E-state index in [1.54, 1.807) is 11.3 Å². The summed E-state index contributed by atoms with van der Waals surface area (Å²) in [7, 11) is 0. The Morgan fingerprint density at radius 2 is 2.04 bits per heavy atom. The van der Waals surface area contributed by atoms with Gasteiger partial charge in [-0.25, -0.2) is 9.78 Å². The van der Waals surface area contributed by atoms with E-state index < -0.39 is 12.0 Å². The van der Waals surface area contributed by atoms with E-state index in [0.717, 1.165) is 27.8 Å². The number of anilines is 1. The summed E-state index contributed by atoms with van der Waals surface area (Å²) in [6, 6.07) is 0.965. The van der Waals surface area contributed by atoms with Crippen molar-refractivity contribution in [3.63, 3.8) is 0 Å². The summed E-state index contributed by atoms with van der Waals surface area (Å²) in [5.74, 6) is -1.13. The molecule has 1 aliphatic rings. The van der Waals surface area contributed by atoms with Gasteiger partial charge >= 0.3 is 5.97 Å². The first kappa shape index (κ1) is 17.2. The molecule has 0 saturated carbocycles. The molecule has 3 heterocycles. The van der Waals surface area contributed by atoms with Crippen molar-refractivity contribution in [1.82, 2.24) is 10.3 Å². The minimum Gasteiger partial charge on any atom is -0.480 e. The van der Waals surface area contributed by atoms with Gasteiger partial charge in [0.1, 0.15) is 10.9 Å². The Kier molecular flexibility index (Phi) is 5.05. The average Bonchev–Trinajstić information content (AvgIpc) is 3.20. The zero-order valence-electron chi connectivity index (χ0n) is 13.7. The molecule has 0 radical (unpaired) electrons. The average molecular weight is 367 g/mol. The van der Waals surface area contributed by atoms with Gasteiger partial charge in [-0.05, 0) is 31.2 Å². The number of hydrogen-bond acceptors (Lipinski definition) is 6. The highest BCUT2D eigenvalue weighted by atomic mass is 32.1. The molecule has 1 fully saturated rings. The molecule has 1 atom stereocenters. The quantitative estimate of drug-likeness (QED) is 0.819. The number of rotatable bonds is 6. The first-order valence-electron chi connectivity index (χ1n) is 8.13. The highest BCUT2D eigenvalue weighted by molar-refractivity contribution is 7.29. The minimum absolute atomic E-state index is 0.197. The van der Waals surface area contributed by atoms with Crippen LogP contribution in [0.1, 0.15) is 42.8 Å². The lowest BCUT2D eigenvalue weighted by atomic mass is 10.0. The van der Waals surface area contributed by atoms with Crippen molar-refractivity contribution in [2.45, 2.75) is 39.2 Å². The summed E-state index contributed by atoms with van der Waals surface area (Å²) in [6.45, 7) is 5.97. The first-order chi connectivity index (χ1) is 11.4. The van der Waals surface area contributed by atoms with Crippen molar-refractivity contribution >= 4 is 49.2 Å². The van der Waals surface area contributed by atoms with Crippen molar-refractivity contribution < 1.29 is 14.7 Å². The molecule has 0 unspecified atom stereocenters. The van der Waals surface area contributed by atoms with Gasteiger partial charge in [0, 0.05) is 13.1 Å². The summed E-state index contributed by atoms with van der Waals surface area (Å²) in [6.07, 6.45) is 2.82. The molecule has 2 aromatic rings. The molecule has 1 amide bonds. The predicted octanol–water partition coefficient (Wildman–Crippen LogP) is 3.19. The molecule has 2 N–H and O–H groups in total. The third kappa shape index (κ3) is 3.70. The van der Waals surface area contributed by atoms with Crippen LogP contribution in [0.4, 0.5) is 5.13 Å². The molecule has 0 spiro atoms. The Bertz CT molecular complexity index is 715. The Morgan fingerprint density at radius 3 is 2.62 bits per heavy atom. The van der Waals surface area contributed by atoms with Gasteiger partial charge in [-0.1, -0.05) is 25.2 Å². The van der Waals surface area contributed by atoms with E-state index in [1.807, 2.05) is 19.9 Å². The van der Waals surface area contributed by atoms with E-state index >= 15 is 0 Å². The standard InChI is InChI=1S/C16H21N3O3S2/c1-9(2)7-10(15(21)22)17-13(20)11-8-12-14(23-11)18-16(24-12)19-5-3-4-6-19/h8-10H,3-7H2,1-2H3,(H,17,20)(H,21,22)/t10-/m1/s1. The zero-order valence-corrected chi connectivity index (χ0v) is 15.4. The Labute approximate surface area is 148 Å². The number of carbonyl (C=O) groups is 2. The topological polar surface area (TPSA) is 82.5 Å². The predicted molar refractivity (Wildman–Crippen MR) is 97.3 cm³/mol. The fraction of sp³-hybridized carbons (Fsp3) is 0.562. The van der Waals surface area contributed by atoms with Gasteiger partial charge in [0.05, 0.1) is 9.58 Å². The van der Waals surface area contributed by atoms with Crippen LogP contribution in [0.25, 0.3) is 9.53 Å². The largest absolute Gasteiger partial charge is 0.480 e. The fourth-order valence-electron chi connectivity index (χ4n) is 2.80. The van der Waals surface area contributed by atoms with Crippen molar-refractivity contribution in [3.8, 4) is 0 Å². The molecule has 6 nitrogen and oxygen atoms in total. The Balaban J connectivity index is 1.72. The second kappa shape index (κ2) is 7.06. The number of aliphatic carboxylic acids is 1. The SMILES string of the molecule is CC(C)C[C@@H](NC(=O)c1cc2sc(N3CCCC3)nc2s1)C(=O)O. The number of thiophene rings is 1. The van der Waals surface area contributed by atoms with Gasteiger partial charge < -0.3 is 15.3 Å². The summed E-state index contributed by atoms with van der Waals surface area (Å²) in [5, 5.41) is 12.9. The minimum atomic E-state index is -0.995. The van der Waals surface area contributed by atoms with Crippen molar-refractivity contribution in [3.05, 3.63) is 10.9 Å². The van der Waals surface area contributed by atoms with Crippen LogP contribution >= 0.6 is 22.7 Å². The number of amides is 1. The number of hydrogen-bond donors (Lipinski definition) is 2. The number of carbonyl (C=O) groups excluding carboxylic acids is 1. The van der Waals surface area contributed by atoms with Crippen LogP contribution in [0.15, 0.2) is 6.07 Å².